The molecule has 1 fully saturated rings. The summed E-state index contributed by atoms with van der Waals surface area (Å²) in [6.07, 6.45) is -3.47. The van der Waals surface area contributed by atoms with Crippen molar-refractivity contribution in [1.82, 2.24) is 35.0 Å². The van der Waals surface area contributed by atoms with Gasteiger partial charge in [-0.3, -0.25) is 24.5 Å². The molecule has 2 aromatic carbocycles. The normalized spacial score (nSPS) is 17.2. The Labute approximate surface area is 301 Å². The minimum atomic E-state index is -4.48. The third-order valence-electron chi connectivity index (χ3n) is 9.86. The van der Waals surface area contributed by atoms with E-state index in [0.717, 1.165) is 10.9 Å². The van der Waals surface area contributed by atoms with Crippen LogP contribution < -0.4 is 20.1 Å². The van der Waals surface area contributed by atoms with Gasteiger partial charge in [-0.1, -0.05) is 6.92 Å². The van der Waals surface area contributed by atoms with Crippen molar-refractivity contribution in [3.8, 4) is 22.9 Å². The number of aliphatic hydroxyl groups excluding tert-OH is 1. The molecule has 3 aliphatic heterocycles. The molecule has 1 saturated heterocycles. The van der Waals surface area contributed by atoms with E-state index >= 15 is 0 Å². The fourth-order valence-electron chi connectivity index (χ4n) is 6.66. The van der Waals surface area contributed by atoms with Crippen molar-refractivity contribution < 1.29 is 42.1 Å². The maximum atomic E-state index is 14.1. The van der Waals surface area contributed by atoms with Gasteiger partial charge >= 0.3 is 12.1 Å². The van der Waals surface area contributed by atoms with Crippen LogP contribution in [0.25, 0.3) is 11.4 Å². The van der Waals surface area contributed by atoms with Crippen molar-refractivity contribution in [3.05, 3.63) is 69.9 Å². The molecular weight excluding hydrogens is 699 g/mol. The fraction of sp³-hybridized carbons (Fsp3) is 0.400. The maximum Gasteiger partial charge on any atom is 0.416 e. The van der Waals surface area contributed by atoms with Crippen LogP contribution in [0.3, 0.4) is 0 Å². The van der Waals surface area contributed by atoms with E-state index in [4.69, 9.17) is 9.47 Å². The van der Waals surface area contributed by atoms with E-state index in [1.807, 2.05) is 11.8 Å². The number of piperazine rings is 1. The number of benzene rings is 2. The zero-order valence-electron chi connectivity index (χ0n) is 29.3. The number of rotatable bonds is 9. The van der Waals surface area contributed by atoms with Gasteiger partial charge in [0.05, 0.1) is 17.8 Å². The van der Waals surface area contributed by atoms with Gasteiger partial charge in [-0.2, -0.15) is 13.2 Å². The van der Waals surface area contributed by atoms with E-state index in [9.17, 15) is 32.7 Å². The number of anilines is 1. The third-order valence-corrected chi connectivity index (χ3v) is 9.86. The van der Waals surface area contributed by atoms with Crippen LogP contribution in [0.1, 0.15) is 41.8 Å². The number of H-pyrrole nitrogens is 1. The van der Waals surface area contributed by atoms with Gasteiger partial charge in [-0.25, -0.2) is 0 Å². The van der Waals surface area contributed by atoms with Crippen molar-refractivity contribution in [2.45, 2.75) is 39.3 Å². The van der Waals surface area contributed by atoms with Crippen molar-refractivity contribution in [3.63, 3.8) is 0 Å². The Kier molecular flexibility index (Phi) is 9.29. The number of aromatic amines is 1. The minimum Gasteiger partial charge on any atom is -0.504 e. The summed E-state index contributed by atoms with van der Waals surface area (Å²) in [5, 5.41) is 23.8. The molecule has 280 valence electrons. The molecule has 0 unspecified atom stereocenters. The lowest BCUT2D eigenvalue weighted by Gasteiger charge is -2.38. The molecule has 7 rings (SSSR count). The van der Waals surface area contributed by atoms with E-state index in [1.165, 1.54) is 6.07 Å². The monoisotopic (exact) mass is 737 g/mol. The molecule has 0 bridgehead atoms. The van der Waals surface area contributed by atoms with Gasteiger partial charge in [0.25, 0.3) is 5.91 Å². The number of hydrogen-bond acceptors (Lipinski definition) is 11. The molecule has 0 radical (unpaired) electrons. The molecule has 18 heteroatoms. The Bertz CT molecular complexity index is 2060. The van der Waals surface area contributed by atoms with Crippen LogP contribution in [0.4, 0.5) is 18.9 Å². The molecule has 1 aromatic heterocycles. The average molecular weight is 738 g/mol. The molecule has 0 saturated carbocycles. The summed E-state index contributed by atoms with van der Waals surface area (Å²) in [6, 6.07) is 7.51. The van der Waals surface area contributed by atoms with Gasteiger partial charge in [0, 0.05) is 50.2 Å². The number of aliphatic hydroxyl groups is 1. The molecule has 1 aliphatic carbocycles. The smallest absolute Gasteiger partial charge is 0.416 e. The Balaban J connectivity index is 1.10. The van der Waals surface area contributed by atoms with Crippen molar-refractivity contribution in [1.29, 1.82) is 0 Å². The molecule has 4 heterocycles. The molecular formula is C35H38F3N9O6. The van der Waals surface area contributed by atoms with Crippen molar-refractivity contribution in [2.75, 3.05) is 58.5 Å². The number of aromatic nitrogens is 3. The number of nitrogens with zero attached hydrogens (tertiary/aromatic N) is 6. The lowest BCUT2D eigenvalue weighted by molar-refractivity contribution is -0.138. The average Bonchev–Trinajstić information content (AvgIpc) is 3.57. The first kappa shape index (κ1) is 35.5. The van der Waals surface area contributed by atoms with Crippen LogP contribution in [0.5, 0.6) is 11.5 Å². The van der Waals surface area contributed by atoms with Gasteiger partial charge in [0.1, 0.15) is 12.4 Å². The van der Waals surface area contributed by atoms with Gasteiger partial charge in [-0.15, -0.1) is 9.90 Å². The molecule has 4 N–H and O–H groups in total. The number of aliphatic imine (C=N–C) groups is 1. The van der Waals surface area contributed by atoms with Gasteiger partial charge in [0.2, 0.25) is 12.7 Å². The van der Waals surface area contributed by atoms with E-state index in [1.54, 1.807) is 42.0 Å². The number of allylic oxidation sites excluding steroid dienone is 3. The van der Waals surface area contributed by atoms with E-state index in [0.29, 0.717) is 58.4 Å². The van der Waals surface area contributed by atoms with Crippen LogP contribution in [0.2, 0.25) is 0 Å². The summed E-state index contributed by atoms with van der Waals surface area (Å²) in [5.41, 5.74) is 2.13. The highest BCUT2D eigenvalue weighted by atomic mass is 19.4. The van der Waals surface area contributed by atoms with E-state index in [-0.39, 0.29) is 75.3 Å². The number of alkyl halides is 3. The Morgan fingerprint density at radius 3 is 2.38 bits per heavy atom. The van der Waals surface area contributed by atoms with Gasteiger partial charge in [-0.05, 0) is 67.6 Å². The molecule has 3 aromatic rings. The molecule has 4 aliphatic rings. The lowest BCUT2D eigenvalue weighted by atomic mass is 9.83. The second-order valence-electron chi connectivity index (χ2n) is 13.0. The highest BCUT2D eigenvalue weighted by molar-refractivity contribution is 6.44. The zero-order chi connectivity index (χ0) is 37.6. The summed E-state index contributed by atoms with van der Waals surface area (Å²) in [5.74, 6) is -0.0354. The SMILES string of the molecule is CC/C(NCC(=O)Nc1ccc(C(F)(F)F)c2c1CC2)=C(/C(=O)n1nc(-c2ccc3c(c2)OCO3)[nH]1)N1CCN(C(=O)C2=NCN(C)C(C)=C2O)CC1. The Hall–Kier alpha value is -5.94. The zero-order valence-corrected chi connectivity index (χ0v) is 29.3. The van der Waals surface area contributed by atoms with Crippen LogP contribution in [-0.4, -0.2) is 111 Å². The first-order valence-corrected chi connectivity index (χ1v) is 17.1. The Morgan fingerprint density at radius 2 is 1.70 bits per heavy atom. The van der Waals surface area contributed by atoms with E-state index in [2.05, 4.69) is 25.8 Å². The topological polar surface area (TPSA) is 170 Å². The van der Waals surface area contributed by atoms with Crippen LogP contribution >= 0.6 is 0 Å². The molecule has 15 nitrogen and oxygen atoms in total. The molecule has 0 atom stereocenters. The molecule has 2 amide bonds. The maximum absolute atomic E-state index is 14.1. The number of halogens is 3. The number of carbonyl (C=O) groups excluding carboxylic acids is 3. The predicted molar refractivity (Wildman–Crippen MR) is 185 cm³/mol. The third kappa shape index (κ3) is 6.75. The first-order chi connectivity index (χ1) is 25.3. The predicted octanol–water partition coefficient (Wildman–Crippen LogP) is 3.49. The van der Waals surface area contributed by atoms with Crippen LogP contribution in [0, 0.1) is 0 Å². The summed E-state index contributed by atoms with van der Waals surface area (Å²) >= 11 is 0. The number of carbonyl (C=O) groups is 3. The van der Waals surface area contributed by atoms with Gasteiger partial charge < -0.3 is 39.9 Å². The standard InChI is InChI=1S/C35H38F3N9O6/c1-4-24(39-16-28(48)41-25-9-8-23(35(36,37)38)21-6-7-22(21)25)30(34(51)47-42-32(43-47)20-5-10-26-27(15-20)53-18-52-26)45-11-13-46(14-12-45)33(50)29-31(49)19(2)44(3)17-40-29/h5,8-10,15,39,49H,4,6-7,11-14,16-18H2,1-3H3,(H,41,48)(H,42,43)/b30-24+. The van der Waals surface area contributed by atoms with Crippen LogP contribution in [-0.2, 0) is 28.6 Å². The summed E-state index contributed by atoms with van der Waals surface area (Å²) in [7, 11) is 1.76. The quantitative estimate of drug-likeness (QED) is 0.239. The first-order valence-electron chi connectivity index (χ1n) is 17.1. The lowest BCUT2D eigenvalue weighted by Crippen LogP contribution is -2.52. The molecule has 53 heavy (non-hydrogen) atoms. The van der Waals surface area contributed by atoms with Crippen molar-refractivity contribution in [2.24, 2.45) is 4.99 Å². The van der Waals surface area contributed by atoms with Crippen molar-refractivity contribution >= 4 is 29.1 Å². The number of fused-ring (bicyclic) bond motifs is 2. The molecule has 0 spiro atoms. The highest BCUT2D eigenvalue weighted by Crippen LogP contribution is 2.41. The number of nitrogens with one attached hydrogen (secondary N) is 3. The Morgan fingerprint density at radius 1 is 1.00 bits per heavy atom. The van der Waals surface area contributed by atoms with Gasteiger partial charge in [0.15, 0.2) is 28.8 Å². The van der Waals surface area contributed by atoms with Crippen LogP contribution in [0.15, 0.2) is 58.2 Å². The van der Waals surface area contributed by atoms with E-state index < -0.39 is 29.5 Å². The number of amides is 2. The number of hydrogen-bond donors (Lipinski definition) is 4. The summed E-state index contributed by atoms with van der Waals surface area (Å²) < 4.78 is 51.1. The second kappa shape index (κ2) is 13.9. The number of ether oxygens (including phenoxy) is 2. The second-order valence-corrected chi connectivity index (χ2v) is 13.0. The summed E-state index contributed by atoms with van der Waals surface area (Å²) in [4.78, 5) is 51.1. The highest BCUT2D eigenvalue weighted by Gasteiger charge is 2.38. The summed E-state index contributed by atoms with van der Waals surface area (Å²) in [6.45, 7) is 4.50. The minimum absolute atomic E-state index is 0.0130. The fourth-order valence-corrected chi connectivity index (χ4v) is 6.66. The largest absolute Gasteiger partial charge is 0.504 e.